The Balaban J connectivity index is 0.977. The summed E-state index contributed by atoms with van der Waals surface area (Å²) in [4.78, 5) is 52.3. The van der Waals surface area contributed by atoms with Crippen LogP contribution in [0.2, 0.25) is 0 Å². The van der Waals surface area contributed by atoms with Gasteiger partial charge in [0.1, 0.15) is 18.3 Å². The number of esters is 3. The fourth-order valence-corrected chi connectivity index (χ4v) is 10.9. The third-order valence-electron chi connectivity index (χ3n) is 13.4. The van der Waals surface area contributed by atoms with Crippen molar-refractivity contribution in [2.24, 2.45) is 40.4 Å². The fourth-order valence-electron chi connectivity index (χ4n) is 10.9. The lowest BCUT2D eigenvalue weighted by Gasteiger charge is -2.58. The molecule has 48 heavy (non-hydrogen) atoms. The molecule has 2 aromatic heterocycles. The summed E-state index contributed by atoms with van der Waals surface area (Å²) in [7, 11) is 0. The number of cyclic esters (lactones) is 1. The Bertz CT molecular complexity index is 1700. The summed E-state index contributed by atoms with van der Waals surface area (Å²) in [5.41, 5.74) is -0.366. The van der Waals surface area contributed by atoms with Crippen molar-refractivity contribution < 1.29 is 47.0 Å². The quantitative estimate of drug-likeness (QED) is 0.190. The Labute approximate surface area is 279 Å². The summed E-state index contributed by atoms with van der Waals surface area (Å²) in [6.45, 7) is 8.42. The number of epoxide rings is 1. The SMILES string of the molecule is CC1=C(COC(=O)c2ccco2)C(=O)O[C@@H]([C@@H](C)[C@H]2CC[C@H]3[C@@H]4C[C@H]5O[C@]56[C@@H](OC(=O)c5ccco5)C=CC(=O)[C@]6(C)[C@H]4CC[C@]23C)C1. The monoisotopic (exact) mass is 658 g/mol. The molecule has 254 valence electrons. The first-order valence-corrected chi connectivity index (χ1v) is 17.2. The van der Waals surface area contributed by atoms with E-state index in [0.29, 0.717) is 29.7 Å². The standard InChI is InChI=1S/C38H42O10/c1-20-17-29(46-33(40)23(20)19-45-34(41)27-7-5-15-43-27)21(2)24-9-10-25-22-18-32-38(48-32)31(47-35(42)28-8-6-16-44-28)12-11-30(39)37(38,4)26(22)13-14-36(24,25)3/h5-8,11-12,15-16,21-22,24-26,29,31-32H,9-10,13-14,17-19H2,1-4H3/t21-,22-,24+,25-,26-,29+,31-,32+,36+,37-,38+/m0/s1. The van der Waals surface area contributed by atoms with E-state index in [4.69, 9.17) is 27.8 Å². The number of hydrogen-bond donors (Lipinski definition) is 0. The third kappa shape index (κ3) is 4.40. The molecule has 6 aliphatic rings. The zero-order valence-corrected chi connectivity index (χ0v) is 27.8. The van der Waals surface area contributed by atoms with Gasteiger partial charge in [0.25, 0.3) is 0 Å². The molecule has 10 nitrogen and oxygen atoms in total. The number of furan rings is 2. The second-order valence-corrected chi connectivity index (χ2v) is 15.3. The van der Waals surface area contributed by atoms with Crippen LogP contribution in [0.4, 0.5) is 0 Å². The van der Waals surface area contributed by atoms with Crippen molar-refractivity contribution in [1.29, 1.82) is 0 Å². The lowest BCUT2D eigenvalue weighted by atomic mass is 9.44. The summed E-state index contributed by atoms with van der Waals surface area (Å²) < 4.78 is 34.3. The van der Waals surface area contributed by atoms with Crippen LogP contribution in [0.3, 0.4) is 0 Å². The van der Waals surface area contributed by atoms with Gasteiger partial charge in [0.05, 0.1) is 29.6 Å². The van der Waals surface area contributed by atoms with Crippen LogP contribution < -0.4 is 0 Å². The highest BCUT2D eigenvalue weighted by Crippen LogP contribution is 2.73. The van der Waals surface area contributed by atoms with Crippen molar-refractivity contribution in [3.05, 3.63) is 71.6 Å². The summed E-state index contributed by atoms with van der Waals surface area (Å²) in [5.74, 6) is -0.0594. The van der Waals surface area contributed by atoms with Crippen LogP contribution in [0.1, 0.15) is 87.3 Å². The van der Waals surface area contributed by atoms with Crippen LogP contribution in [-0.2, 0) is 28.5 Å². The highest BCUT2D eigenvalue weighted by Gasteiger charge is 2.81. The van der Waals surface area contributed by atoms with Crippen molar-refractivity contribution >= 4 is 23.7 Å². The summed E-state index contributed by atoms with van der Waals surface area (Å²) in [5, 5.41) is 0. The topological polar surface area (TPSA) is 135 Å². The number of fused-ring (bicyclic) bond motifs is 4. The average molecular weight is 659 g/mol. The van der Waals surface area contributed by atoms with E-state index in [0.717, 1.165) is 37.7 Å². The molecule has 0 amide bonds. The number of allylic oxidation sites excluding steroid dienone is 1. The maximum Gasteiger partial charge on any atom is 0.374 e. The van der Waals surface area contributed by atoms with Crippen LogP contribution in [0.5, 0.6) is 0 Å². The smallest absolute Gasteiger partial charge is 0.374 e. The number of rotatable bonds is 7. The maximum absolute atomic E-state index is 13.9. The molecule has 4 heterocycles. The van der Waals surface area contributed by atoms with Gasteiger partial charge in [-0.1, -0.05) is 19.4 Å². The van der Waals surface area contributed by atoms with E-state index in [1.807, 2.05) is 13.8 Å². The van der Waals surface area contributed by atoms with E-state index >= 15 is 0 Å². The van der Waals surface area contributed by atoms with Gasteiger partial charge in [-0.3, -0.25) is 4.79 Å². The number of carbonyl (C=O) groups excluding carboxylic acids is 4. The summed E-state index contributed by atoms with van der Waals surface area (Å²) >= 11 is 0. The first kappa shape index (κ1) is 31.4. The van der Waals surface area contributed by atoms with Crippen molar-refractivity contribution in [3.8, 4) is 0 Å². The minimum absolute atomic E-state index is 0.0212. The molecule has 1 spiro atoms. The Morgan fingerprint density at radius 1 is 1.00 bits per heavy atom. The normalized spacial score (nSPS) is 40.2. The van der Waals surface area contributed by atoms with Crippen LogP contribution in [0.15, 0.2) is 68.9 Å². The predicted molar refractivity (Wildman–Crippen MR) is 168 cm³/mol. The van der Waals surface area contributed by atoms with Gasteiger partial charge in [-0.05, 0) is 117 Å². The average Bonchev–Trinajstić information content (AvgIpc) is 3.51. The number of carbonyl (C=O) groups is 4. The van der Waals surface area contributed by atoms with Gasteiger partial charge in [0.2, 0.25) is 11.5 Å². The van der Waals surface area contributed by atoms with Gasteiger partial charge in [-0.25, -0.2) is 14.4 Å². The first-order valence-electron chi connectivity index (χ1n) is 17.2. The third-order valence-corrected chi connectivity index (χ3v) is 13.4. The van der Waals surface area contributed by atoms with Crippen molar-refractivity contribution in [1.82, 2.24) is 0 Å². The lowest BCUT2D eigenvalue weighted by Crippen LogP contribution is -2.64. The van der Waals surface area contributed by atoms with Crippen molar-refractivity contribution in [2.75, 3.05) is 6.61 Å². The largest absolute Gasteiger partial charge is 0.458 e. The van der Waals surface area contributed by atoms with Crippen LogP contribution in [-0.4, -0.2) is 54.2 Å². The molecule has 11 atom stereocenters. The summed E-state index contributed by atoms with van der Waals surface area (Å²) in [6, 6.07) is 6.35. The minimum Gasteiger partial charge on any atom is -0.458 e. The lowest BCUT2D eigenvalue weighted by molar-refractivity contribution is -0.156. The molecule has 0 bridgehead atoms. The first-order chi connectivity index (χ1) is 23.0. The van der Waals surface area contributed by atoms with Gasteiger partial charge in [0, 0.05) is 6.42 Å². The van der Waals surface area contributed by atoms with E-state index < -0.39 is 35.0 Å². The fraction of sp³-hybridized carbons (Fsp3) is 0.579. The Morgan fingerprint density at radius 2 is 1.73 bits per heavy atom. The van der Waals surface area contributed by atoms with Gasteiger partial charge < -0.3 is 27.8 Å². The maximum atomic E-state index is 13.9. The Morgan fingerprint density at radius 3 is 2.42 bits per heavy atom. The molecule has 2 aromatic rings. The van der Waals surface area contributed by atoms with Gasteiger partial charge >= 0.3 is 17.9 Å². The second-order valence-electron chi connectivity index (χ2n) is 15.3. The Kier molecular flexibility index (Phi) is 7.22. The molecule has 4 aliphatic carbocycles. The van der Waals surface area contributed by atoms with Crippen molar-refractivity contribution in [3.63, 3.8) is 0 Å². The van der Waals surface area contributed by atoms with E-state index in [9.17, 15) is 19.2 Å². The summed E-state index contributed by atoms with van der Waals surface area (Å²) in [6.07, 6.45) is 10.4. The van der Waals surface area contributed by atoms with Crippen LogP contribution in [0.25, 0.3) is 0 Å². The number of hydrogen-bond acceptors (Lipinski definition) is 10. The molecule has 3 saturated carbocycles. The molecule has 0 aromatic carbocycles. The number of ketones is 1. The molecule has 10 heteroatoms. The van der Waals surface area contributed by atoms with Crippen molar-refractivity contribution in [2.45, 2.75) is 90.1 Å². The molecule has 0 N–H and O–H groups in total. The molecular formula is C38H42O10. The van der Waals surface area contributed by atoms with Gasteiger partial charge in [-0.2, -0.15) is 0 Å². The minimum atomic E-state index is -0.856. The molecule has 0 unspecified atom stereocenters. The predicted octanol–water partition coefficient (Wildman–Crippen LogP) is 6.27. The zero-order valence-electron chi connectivity index (χ0n) is 27.8. The molecule has 4 fully saturated rings. The zero-order chi connectivity index (χ0) is 33.6. The Hall–Kier alpha value is -3.92. The highest BCUT2D eigenvalue weighted by molar-refractivity contribution is 5.98. The van der Waals surface area contributed by atoms with Gasteiger partial charge in [0.15, 0.2) is 11.9 Å². The molecule has 2 aliphatic heterocycles. The number of ether oxygens (including phenoxy) is 4. The van der Waals surface area contributed by atoms with Crippen LogP contribution >= 0.6 is 0 Å². The highest BCUT2D eigenvalue weighted by atomic mass is 16.7. The van der Waals surface area contributed by atoms with E-state index in [-0.39, 0.29) is 53.4 Å². The molecular weight excluding hydrogens is 616 g/mol. The van der Waals surface area contributed by atoms with Crippen LogP contribution in [0, 0.1) is 40.4 Å². The second kappa shape index (κ2) is 11.1. The van der Waals surface area contributed by atoms with Gasteiger partial charge in [-0.15, -0.1) is 0 Å². The molecule has 8 rings (SSSR count). The molecule has 0 radical (unpaired) electrons. The van der Waals surface area contributed by atoms with E-state index in [1.165, 1.54) is 18.6 Å². The van der Waals surface area contributed by atoms with E-state index in [1.54, 1.807) is 30.4 Å². The van der Waals surface area contributed by atoms with E-state index in [2.05, 4.69) is 13.8 Å². The molecule has 1 saturated heterocycles.